The summed E-state index contributed by atoms with van der Waals surface area (Å²) in [5.74, 6) is -1.15. The zero-order valence-corrected chi connectivity index (χ0v) is 17.2. The molecule has 0 spiro atoms. The quantitative estimate of drug-likeness (QED) is 0.564. The van der Waals surface area contributed by atoms with Crippen LogP contribution in [0, 0.1) is 0 Å². The van der Waals surface area contributed by atoms with E-state index in [-0.39, 0.29) is 13.2 Å². The van der Waals surface area contributed by atoms with E-state index in [4.69, 9.17) is 33.7 Å². The van der Waals surface area contributed by atoms with Gasteiger partial charge in [0.05, 0.1) is 6.54 Å². The Morgan fingerprint density at radius 3 is 2.33 bits per heavy atom. The lowest BCUT2D eigenvalue weighted by Gasteiger charge is -2.14. The molecular formula is C14H13Cl2F6N5O2S. The number of hydrogen-bond acceptors (Lipinski definition) is 6. The van der Waals surface area contributed by atoms with Crippen LogP contribution in [0.5, 0.6) is 5.19 Å². The largest absolute Gasteiger partial charge is 0.469 e. The van der Waals surface area contributed by atoms with Crippen molar-refractivity contribution < 1.29 is 35.9 Å². The van der Waals surface area contributed by atoms with Crippen molar-refractivity contribution in [3.63, 3.8) is 0 Å². The third-order valence-corrected chi connectivity index (χ3v) is 5.16. The van der Waals surface area contributed by atoms with Crippen molar-refractivity contribution in [2.75, 3.05) is 13.2 Å². The molecule has 2 aromatic heterocycles. The average Bonchev–Trinajstić information content (AvgIpc) is 3.16. The average molecular weight is 500 g/mol. The summed E-state index contributed by atoms with van der Waals surface area (Å²) >= 11 is 11.6. The Bertz CT molecular complexity index is 914. The summed E-state index contributed by atoms with van der Waals surface area (Å²) in [5, 5.41) is 3.72. The Hall–Kier alpha value is -1.77. The van der Waals surface area contributed by atoms with Crippen molar-refractivity contribution in [1.82, 2.24) is 20.1 Å². The molecule has 7 nitrogen and oxygen atoms in total. The zero-order chi connectivity index (χ0) is 22.9. The number of nitrogens with zero attached hydrogens (tertiary/aromatic N) is 3. The number of ether oxygens (including phenoxy) is 1. The number of thiazole rings is 1. The van der Waals surface area contributed by atoms with E-state index in [0.29, 0.717) is 16.0 Å². The molecule has 2 rings (SSSR count). The van der Waals surface area contributed by atoms with Crippen LogP contribution in [0.1, 0.15) is 28.0 Å². The first-order chi connectivity index (χ1) is 13.8. The highest BCUT2D eigenvalue weighted by Gasteiger charge is 2.41. The molecule has 0 saturated heterocycles. The number of rotatable bonds is 7. The van der Waals surface area contributed by atoms with E-state index >= 15 is 0 Å². The lowest BCUT2D eigenvalue weighted by atomic mass is 10.3. The van der Waals surface area contributed by atoms with Gasteiger partial charge >= 0.3 is 12.4 Å². The maximum Gasteiger partial charge on any atom is 0.436 e. The van der Waals surface area contributed by atoms with Crippen LogP contribution in [0.25, 0.3) is 0 Å². The summed E-state index contributed by atoms with van der Waals surface area (Å²) in [6, 6.07) is -0.969. The summed E-state index contributed by atoms with van der Waals surface area (Å²) in [6.45, 7) is 0.850. The zero-order valence-electron chi connectivity index (χ0n) is 14.9. The van der Waals surface area contributed by atoms with Crippen molar-refractivity contribution >= 4 is 40.4 Å². The summed E-state index contributed by atoms with van der Waals surface area (Å²) in [6.07, 6.45) is -9.79. The van der Waals surface area contributed by atoms with Gasteiger partial charge in [-0.05, 0) is 6.92 Å². The van der Waals surface area contributed by atoms with Crippen molar-refractivity contribution in [2.45, 2.75) is 31.9 Å². The summed E-state index contributed by atoms with van der Waals surface area (Å²) in [7, 11) is 0. The second-order valence-electron chi connectivity index (χ2n) is 5.80. The number of amides is 1. The lowest BCUT2D eigenvalue weighted by Crippen LogP contribution is -2.36. The molecule has 30 heavy (non-hydrogen) atoms. The molecule has 0 aromatic carbocycles. The summed E-state index contributed by atoms with van der Waals surface area (Å²) in [5.41, 5.74) is 2.33. The first-order valence-electron chi connectivity index (χ1n) is 7.96. The maximum absolute atomic E-state index is 13.2. The molecule has 0 unspecified atom stereocenters. The topological polar surface area (TPSA) is 95.1 Å². The van der Waals surface area contributed by atoms with Gasteiger partial charge in [-0.25, -0.2) is 4.68 Å². The van der Waals surface area contributed by atoms with Crippen LogP contribution in [-0.4, -0.2) is 39.9 Å². The van der Waals surface area contributed by atoms with Gasteiger partial charge in [-0.3, -0.25) is 4.79 Å². The molecule has 2 heterocycles. The summed E-state index contributed by atoms with van der Waals surface area (Å²) in [4.78, 5) is 14.8. The van der Waals surface area contributed by atoms with Gasteiger partial charge in [0.15, 0.2) is 11.4 Å². The van der Waals surface area contributed by atoms with Crippen molar-refractivity contribution in [2.24, 2.45) is 5.73 Å². The predicted molar refractivity (Wildman–Crippen MR) is 95.8 cm³/mol. The number of alkyl halides is 6. The van der Waals surface area contributed by atoms with E-state index in [1.165, 1.54) is 6.92 Å². The highest BCUT2D eigenvalue weighted by atomic mass is 35.5. The molecule has 2 aromatic rings. The van der Waals surface area contributed by atoms with Crippen LogP contribution < -0.4 is 15.8 Å². The molecule has 0 aliphatic carbocycles. The molecule has 0 aliphatic rings. The Morgan fingerprint density at radius 1 is 1.23 bits per heavy atom. The van der Waals surface area contributed by atoms with E-state index in [2.05, 4.69) is 15.4 Å². The van der Waals surface area contributed by atoms with Gasteiger partial charge in [-0.1, -0.05) is 34.5 Å². The smallest absolute Gasteiger partial charge is 0.436 e. The molecule has 1 atom stereocenters. The summed E-state index contributed by atoms with van der Waals surface area (Å²) < 4.78 is 83.6. The minimum absolute atomic E-state index is 0.0204. The van der Waals surface area contributed by atoms with Crippen molar-refractivity contribution in [3.05, 3.63) is 26.4 Å². The minimum atomic E-state index is -4.93. The molecule has 168 valence electrons. The van der Waals surface area contributed by atoms with Crippen molar-refractivity contribution in [3.8, 4) is 5.19 Å². The number of hydrogen-bond donors (Lipinski definition) is 2. The first kappa shape index (κ1) is 24.5. The molecule has 0 saturated carbocycles. The van der Waals surface area contributed by atoms with Gasteiger partial charge in [-0.15, -0.1) is 0 Å². The van der Waals surface area contributed by atoms with E-state index in [1.807, 2.05) is 0 Å². The SMILES string of the molecule is C[C@@H](Cn1nc(C(F)(F)F)c(Cl)c1Cl)NC(=O)c1sc(OCCN)nc1C(F)(F)F. The molecule has 16 heteroatoms. The Kier molecular flexibility index (Phi) is 7.48. The normalized spacial score (nSPS) is 13.4. The standard InChI is InChI=1S/C14H13Cl2F6N5O2S/c1-5(4-27-10(16)6(15)8(26-27)13(17,18)19)24-11(28)7-9(14(20,21)22)25-12(30-7)29-3-2-23/h5H,2-4,23H2,1H3,(H,24,28)/t5-/m0/s1. The molecule has 0 bridgehead atoms. The van der Waals surface area contributed by atoms with E-state index in [0.717, 1.165) is 0 Å². The van der Waals surface area contributed by atoms with E-state index in [1.54, 1.807) is 0 Å². The number of carbonyl (C=O) groups is 1. The van der Waals surface area contributed by atoms with Crippen LogP contribution >= 0.6 is 34.5 Å². The maximum atomic E-state index is 13.2. The fraction of sp³-hybridized carbons (Fsp3) is 0.500. The lowest BCUT2D eigenvalue weighted by molar-refractivity contribution is -0.142. The predicted octanol–water partition coefficient (Wildman–Crippen LogP) is 3.84. The van der Waals surface area contributed by atoms with Gasteiger partial charge in [-0.2, -0.15) is 36.4 Å². The minimum Gasteiger partial charge on any atom is -0.469 e. The Morgan fingerprint density at radius 2 is 1.83 bits per heavy atom. The van der Waals surface area contributed by atoms with Crippen LogP contribution in [0.3, 0.4) is 0 Å². The monoisotopic (exact) mass is 499 g/mol. The Labute approximate surface area is 179 Å². The van der Waals surface area contributed by atoms with Gasteiger partial charge in [0.2, 0.25) is 0 Å². The van der Waals surface area contributed by atoms with Gasteiger partial charge in [0.25, 0.3) is 11.1 Å². The van der Waals surface area contributed by atoms with Crippen molar-refractivity contribution in [1.29, 1.82) is 0 Å². The number of aromatic nitrogens is 3. The molecular weight excluding hydrogens is 487 g/mol. The number of carbonyl (C=O) groups excluding carboxylic acids is 1. The van der Waals surface area contributed by atoms with Gasteiger partial charge < -0.3 is 15.8 Å². The van der Waals surface area contributed by atoms with E-state index < -0.39 is 62.5 Å². The third kappa shape index (κ3) is 5.68. The van der Waals surface area contributed by atoms with E-state index in [9.17, 15) is 31.1 Å². The number of halogens is 8. The second-order valence-corrected chi connectivity index (χ2v) is 7.50. The highest BCUT2D eigenvalue weighted by Crippen LogP contribution is 2.38. The fourth-order valence-corrected chi connectivity index (χ4v) is 3.47. The van der Waals surface area contributed by atoms with Crippen LogP contribution in [0.2, 0.25) is 10.2 Å². The molecule has 0 fully saturated rings. The number of nitrogens with one attached hydrogen (secondary N) is 1. The van der Waals surface area contributed by atoms with Gasteiger partial charge in [0, 0.05) is 12.6 Å². The fourth-order valence-electron chi connectivity index (χ4n) is 2.17. The first-order valence-corrected chi connectivity index (χ1v) is 9.53. The van der Waals surface area contributed by atoms with Crippen LogP contribution in [-0.2, 0) is 18.9 Å². The molecule has 0 aliphatic heterocycles. The highest BCUT2D eigenvalue weighted by molar-refractivity contribution is 7.15. The second kappa shape index (κ2) is 9.16. The Balaban J connectivity index is 2.19. The molecule has 1 amide bonds. The molecule has 3 N–H and O–H groups in total. The molecule has 0 radical (unpaired) electrons. The van der Waals surface area contributed by atoms with Crippen LogP contribution in [0.15, 0.2) is 0 Å². The van der Waals surface area contributed by atoms with Gasteiger partial charge in [0.1, 0.15) is 21.7 Å². The third-order valence-electron chi connectivity index (χ3n) is 3.35. The van der Waals surface area contributed by atoms with Crippen LogP contribution in [0.4, 0.5) is 26.3 Å². The number of nitrogens with two attached hydrogens (primary N) is 1.